The molecule has 2 aromatic rings. The van der Waals surface area contributed by atoms with Crippen LogP contribution in [-0.4, -0.2) is 19.1 Å². The first kappa shape index (κ1) is 15.9. The predicted molar refractivity (Wildman–Crippen MR) is 86.0 cm³/mol. The van der Waals surface area contributed by atoms with Crippen molar-refractivity contribution in [3.8, 4) is 11.5 Å². The number of carbonyl (C=O) groups is 1. The Morgan fingerprint density at radius 1 is 1.09 bits per heavy atom. The third-order valence-corrected chi connectivity index (χ3v) is 3.29. The monoisotopic (exact) mass is 299 g/mol. The molecule has 0 fully saturated rings. The fourth-order valence-corrected chi connectivity index (χ4v) is 2.06. The average Bonchev–Trinajstić information content (AvgIpc) is 2.58. The number of benzene rings is 2. The van der Waals surface area contributed by atoms with E-state index in [1.807, 2.05) is 55.5 Å². The summed E-state index contributed by atoms with van der Waals surface area (Å²) < 4.78 is 10.9. The number of amides is 1. The molecule has 1 amide bonds. The highest BCUT2D eigenvalue weighted by atomic mass is 16.5. The summed E-state index contributed by atoms with van der Waals surface area (Å²) in [5, 5.41) is 2.90. The molecule has 116 valence electrons. The Kier molecular flexibility index (Phi) is 5.83. The van der Waals surface area contributed by atoms with Crippen LogP contribution in [0.3, 0.4) is 0 Å². The van der Waals surface area contributed by atoms with Crippen LogP contribution < -0.4 is 14.8 Å². The summed E-state index contributed by atoms with van der Waals surface area (Å²) in [5.41, 5.74) is 1.06. The quantitative estimate of drug-likeness (QED) is 0.854. The van der Waals surface area contributed by atoms with Crippen molar-refractivity contribution in [2.45, 2.75) is 26.0 Å². The van der Waals surface area contributed by atoms with Crippen LogP contribution in [0.2, 0.25) is 0 Å². The molecule has 0 aliphatic heterocycles. The van der Waals surface area contributed by atoms with E-state index >= 15 is 0 Å². The van der Waals surface area contributed by atoms with Gasteiger partial charge in [0, 0.05) is 12.6 Å². The summed E-state index contributed by atoms with van der Waals surface area (Å²) in [4.78, 5) is 12.2. The molecule has 1 N–H and O–H groups in total. The van der Waals surface area contributed by atoms with Crippen molar-refractivity contribution in [2.24, 2.45) is 0 Å². The molecule has 0 unspecified atom stereocenters. The number of rotatable bonds is 7. The molecule has 0 heterocycles. The molecule has 22 heavy (non-hydrogen) atoms. The largest absolute Gasteiger partial charge is 0.497 e. The lowest BCUT2D eigenvalue weighted by atomic mass is 10.2. The van der Waals surface area contributed by atoms with Crippen molar-refractivity contribution in [3.63, 3.8) is 0 Å². The SMILES string of the molecule is CC[C@@H](Oc1cccc(OC)c1)C(=O)NCc1ccccc1. The van der Waals surface area contributed by atoms with E-state index in [-0.39, 0.29) is 5.91 Å². The van der Waals surface area contributed by atoms with Gasteiger partial charge in [-0.2, -0.15) is 0 Å². The summed E-state index contributed by atoms with van der Waals surface area (Å²) in [5.74, 6) is 1.22. The Morgan fingerprint density at radius 2 is 1.82 bits per heavy atom. The molecule has 2 aromatic carbocycles. The van der Waals surface area contributed by atoms with Crippen LogP contribution in [0.4, 0.5) is 0 Å². The molecular formula is C18H21NO3. The molecule has 0 saturated heterocycles. The van der Waals surface area contributed by atoms with Crippen LogP contribution in [0, 0.1) is 0 Å². The third-order valence-electron chi connectivity index (χ3n) is 3.29. The number of nitrogens with one attached hydrogen (secondary N) is 1. The van der Waals surface area contributed by atoms with Gasteiger partial charge in [-0.05, 0) is 24.1 Å². The molecule has 2 rings (SSSR count). The van der Waals surface area contributed by atoms with Crippen molar-refractivity contribution in [2.75, 3.05) is 7.11 Å². The van der Waals surface area contributed by atoms with Gasteiger partial charge < -0.3 is 14.8 Å². The minimum atomic E-state index is -0.518. The van der Waals surface area contributed by atoms with E-state index < -0.39 is 6.10 Å². The van der Waals surface area contributed by atoms with Crippen LogP contribution >= 0.6 is 0 Å². The zero-order chi connectivity index (χ0) is 15.8. The maximum Gasteiger partial charge on any atom is 0.261 e. The first-order chi connectivity index (χ1) is 10.7. The summed E-state index contributed by atoms with van der Waals surface area (Å²) in [6.45, 7) is 2.42. The van der Waals surface area contributed by atoms with Crippen LogP contribution in [-0.2, 0) is 11.3 Å². The molecule has 0 saturated carbocycles. The smallest absolute Gasteiger partial charge is 0.261 e. The molecule has 0 bridgehead atoms. The van der Waals surface area contributed by atoms with Gasteiger partial charge in [-0.3, -0.25) is 4.79 Å². The van der Waals surface area contributed by atoms with Gasteiger partial charge in [0.25, 0.3) is 5.91 Å². The Labute approximate surface area is 131 Å². The Bertz CT molecular complexity index is 598. The number of hydrogen-bond acceptors (Lipinski definition) is 3. The lowest BCUT2D eigenvalue weighted by Crippen LogP contribution is -2.37. The van der Waals surface area contributed by atoms with Crippen molar-refractivity contribution >= 4 is 5.91 Å². The van der Waals surface area contributed by atoms with Gasteiger partial charge in [-0.1, -0.05) is 43.3 Å². The van der Waals surface area contributed by atoms with Crippen molar-refractivity contribution in [1.82, 2.24) is 5.32 Å². The summed E-state index contributed by atoms with van der Waals surface area (Å²) in [6, 6.07) is 17.1. The molecule has 0 radical (unpaired) electrons. The fraction of sp³-hybridized carbons (Fsp3) is 0.278. The number of ether oxygens (including phenoxy) is 2. The fourth-order valence-electron chi connectivity index (χ4n) is 2.06. The van der Waals surface area contributed by atoms with E-state index in [9.17, 15) is 4.79 Å². The minimum Gasteiger partial charge on any atom is -0.497 e. The van der Waals surface area contributed by atoms with Crippen molar-refractivity contribution in [1.29, 1.82) is 0 Å². The van der Waals surface area contributed by atoms with E-state index in [0.29, 0.717) is 24.5 Å². The van der Waals surface area contributed by atoms with E-state index in [2.05, 4.69) is 5.32 Å². The molecule has 0 aromatic heterocycles. The second-order valence-electron chi connectivity index (χ2n) is 4.90. The lowest BCUT2D eigenvalue weighted by Gasteiger charge is -2.17. The van der Waals surface area contributed by atoms with Crippen LogP contribution in [0.25, 0.3) is 0 Å². The van der Waals surface area contributed by atoms with Gasteiger partial charge in [0.2, 0.25) is 0 Å². The molecule has 0 spiro atoms. The van der Waals surface area contributed by atoms with Crippen LogP contribution in [0.15, 0.2) is 54.6 Å². The second kappa shape index (κ2) is 8.08. The van der Waals surface area contributed by atoms with Gasteiger partial charge in [-0.15, -0.1) is 0 Å². The van der Waals surface area contributed by atoms with Crippen LogP contribution in [0.1, 0.15) is 18.9 Å². The second-order valence-corrected chi connectivity index (χ2v) is 4.90. The molecule has 4 heteroatoms. The Hall–Kier alpha value is -2.49. The molecule has 0 aliphatic carbocycles. The maximum absolute atomic E-state index is 12.2. The predicted octanol–water partition coefficient (Wildman–Crippen LogP) is 3.17. The Balaban J connectivity index is 1.93. The van der Waals surface area contributed by atoms with Crippen molar-refractivity contribution in [3.05, 3.63) is 60.2 Å². The van der Waals surface area contributed by atoms with Gasteiger partial charge in [0.1, 0.15) is 11.5 Å². The molecule has 0 aliphatic rings. The van der Waals surface area contributed by atoms with Gasteiger partial charge in [0.05, 0.1) is 7.11 Å². The summed E-state index contributed by atoms with van der Waals surface area (Å²) in [6.07, 6.45) is 0.0773. The molecular weight excluding hydrogens is 278 g/mol. The highest BCUT2D eigenvalue weighted by molar-refractivity contribution is 5.81. The topological polar surface area (TPSA) is 47.6 Å². The number of hydrogen-bond donors (Lipinski definition) is 1. The first-order valence-corrected chi connectivity index (χ1v) is 7.35. The number of methoxy groups -OCH3 is 1. The first-order valence-electron chi connectivity index (χ1n) is 7.35. The van der Waals surface area contributed by atoms with Gasteiger partial charge in [0.15, 0.2) is 6.10 Å². The van der Waals surface area contributed by atoms with Gasteiger partial charge in [-0.25, -0.2) is 0 Å². The lowest BCUT2D eigenvalue weighted by molar-refractivity contribution is -0.128. The molecule has 1 atom stereocenters. The zero-order valence-electron chi connectivity index (χ0n) is 12.9. The van der Waals surface area contributed by atoms with E-state index in [1.54, 1.807) is 13.2 Å². The normalized spacial score (nSPS) is 11.5. The summed E-state index contributed by atoms with van der Waals surface area (Å²) in [7, 11) is 1.60. The van der Waals surface area contributed by atoms with E-state index in [4.69, 9.17) is 9.47 Å². The summed E-state index contributed by atoms with van der Waals surface area (Å²) >= 11 is 0. The average molecular weight is 299 g/mol. The highest BCUT2D eigenvalue weighted by Gasteiger charge is 2.18. The zero-order valence-corrected chi connectivity index (χ0v) is 12.9. The number of carbonyl (C=O) groups excluding carboxylic acids is 1. The van der Waals surface area contributed by atoms with E-state index in [1.165, 1.54) is 0 Å². The van der Waals surface area contributed by atoms with E-state index in [0.717, 1.165) is 5.56 Å². The van der Waals surface area contributed by atoms with Crippen LogP contribution in [0.5, 0.6) is 11.5 Å². The third kappa shape index (κ3) is 4.52. The van der Waals surface area contributed by atoms with Gasteiger partial charge >= 0.3 is 0 Å². The molecule has 4 nitrogen and oxygen atoms in total. The standard InChI is InChI=1S/C18H21NO3/c1-3-17(22-16-11-7-10-15(12-16)21-2)18(20)19-13-14-8-5-4-6-9-14/h4-12,17H,3,13H2,1-2H3,(H,19,20)/t17-/m1/s1. The Morgan fingerprint density at radius 3 is 2.50 bits per heavy atom. The van der Waals surface area contributed by atoms with Crippen molar-refractivity contribution < 1.29 is 14.3 Å². The maximum atomic E-state index is 12.2. The highest BCUT2D eigenvalue weighted by Crippen LogP contribution is 2.20. The minimum absolute atomic E-state index is 0.117.